The molecule has 1 N–H and O–H groups in total. The van der Waals surface area contributed by atoms with Gasteiger partial charge in [-0.3, -0.25) is 4.79 Å². The molecular weight excluding hydrogens is 394 g/mol. The third-order valence-corrected chi connectivity index (χ3v) is 5.91. The van der Waals surface area contributed by atoms with Gasteiger partial charge in [0.2, 0.25) is 5.91 Å². The first-order valence-corrected chi connectivity index (χ1v) is 11.0. The van der Waals surface area contributed by atoms with Crippen LogP contribution in [-0.2, 0) is 24.2 Å². The highest BCUT2D eigenvalue weighted by Crippen LogP contribution is 2.24. The summed E-state index contributed by atoms with van der Waals surface area (Å²) in [6.45, 7) is 2.34. The maximum atomic E-state index is 12.9. The van der Waals surface area contributed by atoms with Gasteiger partial charge in [0.15, 0.2) is 0 Å². The molecule has 4 heteroatoms. The topological polar surface area (TPSA) is 46.9 Å². The zero-order chi connectivity index (χ0) is 21.9. The van der Waals surface area contributed by atoms with Gasteiger partial charge in [0.25, 0.3) is 0 Å². The first-order valence-electron chi connectivity index (χ1n) is 11.0. The summed E-state index contributed by atoms with van der Waals surface area (Å²) in [4.78, 5) is 17.8. The molecule has 4 aromatic carbocycles. The monoisotopic (exact) mass is 419 g/mol. The number of amides is 1. The standard InChI is InChI=1S/C28H25N3O/c1-2-20-14-16-23(17-15-20)29-28(32)19-31-26-13-6-5-12-25(26)30-27(31)18-22-10-7-9-21-8-3-4-11-24(21)22/h3-17H,2,18-19H2,1H3,(H,29,32). The maximum absolute atomic E-state index is 12.9. The minimum atomic E-state index is -0.0587. The second-order valence-electron chi connectivity index (χ2n) is 8.02. The Balaban J connectivity index is 1.47. The molecule has 0 saturated heterocycles. The molecule has 1 amide bonds. The SMILES string of the molecule is CCc1ccc(NC(=O)Cn2c(Cc3cccc4ccccc34)nc3ccccc32)cc1. The number of benzene rings is 4. The second-order valence-corrected chi connectivity index (χ2v) is 8.02. The number of imidazole rings is 1. The Morgan fingerprint density at radius 2 is 1.62 bits per heavy atom. The Hall–Kier alpha value is -3.92. The smallest absolute Gasteiger partial charge is 0.244 e. The van der Waals surface area contributed by atoms with Crippen molar-refractivity contribution in [2.75, 3.05) is 5.32 Å². The van der Waals surface area contributed by atoms with Crippen molar-refractivity contribution in [2.24, 2.45) is 0 Å². The first kappa shape index (κ1) is 20.0. The molecule has 0 radical (unpaired) electrons. The number of para-hydroxylation sites is 2. The van der Waals surface area contributed by atoms with E-state index in [1.54, 1.807) is 0 Å². The van der Waals surface area contributed by atoms with Crippen molar-refractivity contribution in [1.82, 2.24) is 9.55 Å². The summed E-state index contributed by atoms with van der Waals surface area (Å²) < 4.78 is 2.03. The molecule has 5 aromatic rings. The van der Waals surface area contributed by atoms with E-state index in [-0.39, 0.29) is 12.5 Å². The quantitative estimate of drug-likeness (QED) is 0.368. The van der Waals surface area contributed by atoms with Gasteiger partial charge in [-0.2, -0.15) is 0 Å². The van der Waals surface area contributed by atoms with Crippen molar-refractivity contribution in [2.45, 2.75) is 26.3 Å². The largest absolute Gasteiger partial charge is 0.325 e. The Labute approximate surface area is 187 Å². The summed E-state index contributed by atoms with van der Waals surface area (Å²) in [5.41, 5.74) is 5.14. The second kappa shape index (κ2) is 8.67. The normalized spacial score (nSPS) is 11.2. The Morgan fingerprint density at radius 1 is 0.875 bits per heavy atom. The van der Waals surface area contributed by atoms with Crippen LogP contribution in [0.5, 0.6) is 0 Å². The summed E-state index contributed by atoms with van der Waals surface area (Å²) >= 11 is 0. The van der Waals surface area contributed by atoms with Gasteiger partial charge >= 0.3 is 0 Å². The van der Waals surface area contributed by atoms with E-state index in [9.17, 15) is 4.79 Å². The molecule has 0 unspecified atom stereocenters. The number of aryl methyl sites for hydroxylation is 1. The molecule has 0 aliphatic carbocycles. The number of carbonyl (C=O) groups excluding carboxylic acids is 1. The summed E-state index contributed by atoms with van der Waals surface area (Å²) in [6.07, 6.45) is 1.64. The molecule has 0 spiro atoms. The van der Waals surface area contributed by atoms with Crippen LogP contribution in [0, 0.1) is 0 Å². The van der Waals surface area contributed by atoms with Crippen LogP contribution in [0.1, 0.15) is 23.9 Å². The van der Waals surface area contributed by atoms with Gasteiger partial charge in [-0.15, -0.1) is 0 Å². The molecule has 158 valence electrons. The molecule has 0 bridgehead atoms. The van der Waals surface area contributed by atoms with Gasteiger partial charge in [0.05, 0.1) is 11.0 Å². The zero-order valence-electron chi connectivity index (χ0n) is 18.1. The lowest BCUT2D eigenvalue weighted by molar-refractivity contribution is -0.116. The molecule has 1 aromatic heterocycles. The van der Waals surface area contributed by atoms with Crippen LogP contribution in [0.25, 0.3) is 21.8 Å². The average molecular weight is 420 g/mol. The molecular formula is C28H25N3O. The maximum Gasteiger partial charge on any atom is 0.244 e. The Morgan fingerprint density at radius 3 is 2.47 bits per heavy atom. The molecule has 4 nitrogen and oxygen atoms in total. The van der Waals surface area contributed by atoms with Crippen molar-refractivity contribution in [1.29, 1.82) is 0 Å². The fourth-order valence-electron chi connectivity index (χ4n) is 4.22. The van der Waals surface area contributed by atoms with Gasteiger partial charge in [0, 0.05) is 12.1 Å². The third kappa shape index (κ3) is 4.00. The highest BCUT2D eigenvalue weighted by atomic mass is 16.1. The van der Waals surface area contributed by atoms with Crippen molar-refractivity contribution >= 4 is 33.4 Å². The minimum absolute atomic E-state index is 0.0587. The summed E-state index contributed by atoms with van der Waals surface area (Å²) in [7, 11) is 0. The number of hydrogen-bond donors (Lipinski definition) is 1. The number of hydrogen-bond acceptors (Lipinski definition) is 2. The average Bonchev–Trinajstić information content (AvgIpc) is 3.16. The summed E-state index contributed by atoms with van der Waals surface area (Å²) in [6, 6.07) is 30.7. The predicted molar refractivity (Wildman–Crippen MR) is 131 cm³/mol. The van der Waals surface area contributed by atoms with E-state index < -0.39 is 0 Å². The lowest BCUT2D eigenvalue weighted by Gasteiger charge is -2.12. The van der Waals surface area contributed by atoms with Gasteiger partial charge in [-0.1, -0.05) is 73.7 Å². The van der Waals surface area contributed by atoms with Gasteiger partial charge in [-0.25, -0.2) is 4.98 Å². The zero-order valence-corrected chi connectivity index (χ0v) is 18.1. The first-order chi connectivity index (χ1) is 15.7. The number of carbonyl (C=O) groups is 1. The minimum Gasteiger partial charge on any atom is -0.325 e. The molecule has 0 atom stereocenters. The van der Waals surface area contributed by atoms with Crippen molar-refractivity contribution < 1.29 is 4.79 Å². The summed E-state index contributed by atoms with van der Waals surface area (Å²) in [5.74, 6) is 0.829. The number of nitrogens with one attached hydrogen (secondary N) is 1. The van der Waals surface area contributed by atoms with Crippen LogP contribution in [0.3, 0.4) is 0 Å². The van der Waals surface area contributed by atoms with Crippen molar-refractivity contribution in [3.63, 3.8) is 0 Å². The third-order valence-electron chi connectivity index (χ3n) is 5.91. The van der Waals surface area contributed by atoms with Crippen LogP contribution in [-0.4, -0.2) is 15.5 Å². The molecule has 5 rings (SSSR count). The highest BCUT2D eigenvalue weighted by molar-refractivity contribution is 5.92. The number of rotatable bonds is 6. The van der Waals surface area contributed by atoms with E-state index in [0.717, 1.165) is 29.0 Å². The lowest BCUT2D eigenvalue weighted by atomic mass is 10.0. The molecule has 1 heterocycles. The Bertz CT molecular complexity index is 1390. The van der Waals surface area contributed by atoms with Crippen LogP contribution >= 0.6 is 0 Å². The lowest BCUT2D eigenvalue weighted by Crippen LogP contribution is -2.20. The molecule has 0 saturated carbocycles. The van der Waals surface area contributed by atoms with Crippen LogP contribution in [0.2, 0.25) is 0 Å². The van der Waals surface area contributed by atoms with Crippen LogP contribution in [0.4, 0.5) is 5.69 Å². The molecule has 32 heavy (non-hydrogen) atoms. The molecule has 0 fully saturated rings. The van der Waals surface area contributed by atoms with E-state index in [0.29, 0.717) is 6.42 Å². The van der Waals surface area contributed by atoms with Crippen molar-refractivity contribution in [3.05, 3.63) is 108 Å². The number of anilines is 1. The van der Waals surface area contributed by atoms with E-state index in [2.05, 4.69) is 54.7 Å². The fraction of sp³-hybridized carbons (Fsp3) is 0.143. The van der Waals surface area contributed by atoms with Gasteiger partial charge < -0.3 is 9.88 Å². The van der Waals surface area contributed by atoms with Crippen LogP contribution in [0.15, 0.2) is 91.0 Å². The number of nitrogens with zero attached hydrogens (tertiary/aromatic N) is 2. The number of fused-ring (bicyclic) bond motifs is 2. The van der Waals surface area contributed by atoms with E-state index in [4.69, 9.17) is 4.98 Å². The van der Waals surface area contributed by atoms with Crippen LogP contribution < -0.4 is 5.32 Å². The van der Waals surface area contributed by atoms with E-state index >= 15 is 0 Å². The highest BCUT2D eigenvalue weighted by Gasteiger charge is 2.15. The Kier molecular flexibility index (Phi) is 5.42. The predicted octanol–water partition coefficient (Wildman–Crippen LogP) is 5.98. The summed E-state index contributed by atoms with van der Waals surface area (Å²) in [5, 5.41) is 5.46. The fourth-order valence-corrected chi connectivity index (χ4v) is 4.22. The van der Waals surface area contributed by atoms with E-state index in [1.807, 2.05) is 53.1 Å². The molecule has 0 aliphatic heterocycles. The number of aromatic nitrogens is 2. The molecule has 0 aliphatic rings. The van der Waals surface area contributed by atoms with Crippen molar-refractivity contribution in [3.8, 4) is 0 Å². The van der Waals surface area contributed by atoms with Gasteiger partial charge in [0.1, 0.15) is 12.4 Å². The van der Waals surface area contributed by atoms with Gasteiger partial charge in [-0.05, 0) is 52.6 Å². The van der Waals surface area contributed by atoms with E-state index in [1.165, 1.54) is 21.9 Å².